The average molecular weight is 345 g/mol. The topological polar surface area (TPSA) is 45.2 Å². The highest BCUT2D eigenvalue weighted by atomic mass is 16.1. The minimum Gasteiger partial charge on any atom is -0.370 e. The normalized spacial score (nSPS) is 14.4. The predicted octanol–water partition coefficient (Wildman–Crippen LogP) is 4.41. The number of piperidine rings is 1. The van der Waals surface area contributed by atoms with Crippen molar-refractivity contribution in [1.82, 2.24) is 4.98 Å². The lowest BCUT2D eigenvalue weighted by molar-refractivity contribution is -0.115. The minimum absolute atomic E-state index is 0.00684. The lowest BCUT2D eigenvalue weighted by atomic mass is 10.1. The fourth-order valence-corrected chi connectivity index (χ4v) is 3.67. The maximum Gasteiger partial charge on any atom is 0.228 e. The number of pyridine rings is 1. The second kappa shape index (κ2) is 7.56. The fraction of sp³-hybridized carbons (Fsp3) is 0.273. The maximum atomic E-state index is 12.7. The molecule has 26 heavy (non-hydrogen) atoms. The molecule has 4 heteroatoms. The van der Waals surface area contributed by atoms with Gasteiger partial charge in [-0.05, 0) is 43.0 Å². The van der Waals surface area contributed by atoms with Crippen LogP contribution in [0.5, 0.6) is 0 Å². The summed E-state index contributed by atoms with van der Waals surface area (Å²) in [5.41, 5.74) is 3.87. The number of nitrogens with one attached hydrogen (secondary N) is 1. The third-order valence-corrected chi connectivity index (χ3v) is 4.94. The maximum absolute atomic E-state index is 12.7. The number of rotatable bonds is 4. The summed E-state index contributed by atoms with van der Waals surface area (Å²) in [6.45, 7) is 2.11. The van der Waals surface area contributed by atoms with Crippen LogP contribution in [0.25, 0.3) is 10.9 Å². The van der Waals surface area contributed by atoms with Gasteiger partial charge in [0.2, 0.25) is 5.91 Å². The molecule has 0 radical (unpaired) electrons. The Kier molecular flexibility index (Phi) is 4.82. The molecule has 1 aliphatic heterocycles. The fourth-order valence-electron chi connectivity index (χ4n) is 3.67. The summed E-state index contributed by atoms with van der Waals surface area (Å²) in [5, 5.41) is 4.17. The van der Waals surface area contributed by atoms with Gasteiger partial charge >= 0.3 is 0 Å². The van der Waals surface area contributed by atoms with Crippen LogP contribution in [0, 0.1) is 0 Å². The number of hydrogen-bond acceptors (Lipinski definition) is 3. The Morgan fingerprint density at radius 2 is 1.77 bits per heavy atom. The summed E-state index contributed by atoms with van der Waals surface area (Å²) in [6, 6.07) is 18.0. The molecule has 0 saturated carbocycles. The van der Waals surface area contributed by atoms with Gasteiger partial charge in [0.1, 0.15) is 0 Å². The number of nitrogens with zero attached hydrogens (tertiary/aromatic N) is 2. The number of hydrogen-bond donors (Lipinski definition) is 1. The molecule has 1 aliphatic rings. The van der Waals surface area contributed by atoms with E-state index in [0.29, 0.717) is 6.42 Å². The Balaban J connectivity index is 1.53. The molecule has 3 aromatic rings. The summed E-state index contributed by atoms with van der Waals surface area (Å²) in [6.07, 6.45) is 5.81. The van der Waals surface area contributed by atoms with Crippen molar-refractivity contribution in [3.05, 3.63) is 66.4 Å². The first-order valence-electron chi connectivity index (χ1n) is 9.28. The van der Waals surface area contributed by atoms with E-state index in [1.165, 1.54) is 19.3 Å². The van der Waals surface area contributed by atoms with Gasteiger partial charge in [-0.3, -0.25) is 9.78 Å². The van der Waals surface area contributed by atoms with Crippen molar-refractivity contribution in [2.45, 2.75) is 25.7 Å². The van der Waals surface area contributed by atoms with E-state index in [0.717, 1.165) is 40.9 Å². The molecule has 1 aromatic heterocycles. The van der Waals surface area contributed by atoms with Crippen LogP contribution in [0.2, 0.25) is 0 Å². The summed E-state index contributed by atoms with van der Waals surface area (Å²) < 4.78 is 0. The van der Waals surface area contributed by atoms with E-state index >= 15 is 0 Å². The average Bonchev–Trinajstić information content (AvgIpc) is 2.69. The Morgan fingerprint density at radius 1 is 0.962 bits per heavy atom. The highest BCUT2D eigenvalue weighted by Crippen LogP contribution is 2.28. The van der Waals surface area contributed by atoms with Crippen molar-refractivity contribution in [1.29, 1.82) is 0 Å². The number of carbonyl (C=O) groups excluding carboxylic acids is 1. The largest absolute Gasteiger partial charge is 0.370 e. The molecular formula is C22H23N3O. The minimum atomic E-state index is -0.00684. The molecule has 2 aromatic carbocycles. The SMILES string of the molecule is O=C(Cc1cccc2cccnc12)Nc1ccccc1N1CCCCC1. The van der Waals surface area contributed by atoms with Crippen LogP contribution >= 0.6 is 0 Å². The monoisotopic (exact) mass is 345 g/mol. The first kappa shape index (κ1) is 16.6. The van der Waals surface area contributed by atoms with E-state index in [9.17, 15) is 4.79 Å². The van der Waals surface area contributed by atoms with E-state index in [2.05, 4.69) is 21.3 Å². The van der Waals surface area contributed by atoms with Crippen molar-refractivity contribution in [2.75, 3.05) is 23.3 Å². The zero-order valence-corrected chi connectivity index (χ0v) is 14.8. The number of fused-ring (bicyclic) bond motifs is 1. The first-order chi connectivity index (χ1) is 12.8. The molecule has 0 atom stereocenters. The van der Waals surface area contributed by atoms with Gasteiger partial charge in [-0.2, -0.15) is 0 Å². The lowest BCUT2D eigenvalue weighted by Gasteiger charge is -2.30. The molecule has 1 fully saturated rings. The Labute approximate surface area is 153 Å². The van der Waals surface area contributed by atoms with Gasteiger partial charge in [0, 0.05) is 24.7 Å². The lowest BCUT2D eigenvalue weighted by Crippen LogP contribution is -2.30. The standard InChI is InChI=1S/C22H23N3O/c26-21(16-18-9-6-8-17-10-7-13-23-22(17)18)24-19-11-2-3-12-20(19)25-14-4-1-5-15-25/h2-3,6-13H,1,4-5,14-16H2,(H,24,26). The number of para-hydroxylation sites is 3. The number of benzene rings is 2. The van der Waals surface area contributed by atoms with Gasteiger partial charge in [-0.1, -0.05) is 36.4 Å². The number of amides is 1. The Bertz CT molecular complexity index is 911. The molecular weight excluding hydrogens is 322 g/mol. The van der Waals surface area contributed by atoms with Gasteiger partial charge < -0.3 is 10.2 Å². The van der Waals surface area contributed by atoms with Crippen molar-refractivity contribution < 1.29 is 4.79 Å². The van der Waals surface area contributed by atoms with Crippen LogP contribution in [-0.4, -0.2) is 24.0 Å². The van der Waals surface area contributed by atoms with E-state index in [4.69, 9.17) is 0 Å². The van der Waals surface area contributed by atoms with Crippen molar-refractivity contribution in [3.8, 4) is 0 Å². The van der Waals surface area contributed by atoms with E-state index in [1.807, 2.05) is 48.5 Å². The van der Waals surface area contributed by atoms with E-state index in [-0.39, 0.29) is 5.91 Å². The van der Waals surface area contributed by atoms with E-state index in [1.54, 1.807) is 6.20 Å². The second-order valence-corrected chi connectivity index (χ2v) is 6.78. The Hall–Kier alpha value is -2.88. The van der Waals surface area contributed by atoms with E-state index < -0.39 is 0 Å². The highest BCUT2D eigenvalue weighted by Gasteiger charge is 2.16. The molecule has 4 rings (SSSR count). The molecule has 0 spiro atoms. The molecule has 1 N–H and O–H groups in total. The van der Waals surface area contributed by atoms with Crippen LogP contribution in [-0.2, 0) is 11.2 Å². The van der Waals surface area contributed by atoms with Gasteiger partial charge in [0.05, 0.1) is 23.3 Å². The van der Waals surface area contributed by atoms with Gasteiger partial charge in [0.15, 0.2) is 0 Å². The predicted molar refractivity (Wildman–Crippen MR) is 107 cm³/mol. The zero-order chi connectivity index (χ0) is 17.8. The summed E-state index contributed by atoms with van der Waals surface area (Å²) >= 11 is 0. The molecule has 132 valence electrons. The second-order valence-electron chi connectivity index (χ2n) is 6.78. The number of aromatic nitrogens is 1. The van der Waals surface area contributed by atoms with Crippen LogP contribution in [0.4, 0.5) is 11.4 Å². The van der Waals surface area contributed by atoms with Crippen LogP contribution in [0.15, 0.2) is 60.8 Å². The quantitative estimate of drug-likeness (QED) is 0.762. The third-order valence-electron chi connectivity index (χ3n) is 4.94. The first-order valence-corrected chi connectivity index (χ1v) is 9.28. The van der Waals surface area contributed by atoms with Crippen molar-refractivity contribution in [3.63, 3.8) is 0 Å². The third kappa shape index (κ3) is 3.54. The zero-order valence-electron chi connectivity index (χ0n) is 14.8. The van der Waals surface area contributed by atoms with Crippen LogP contribution < -0.4 is 10.2 Å². The molecule has 0 unspecified atom stereocenters. The van der Waals surface area contributed by atoms with Crippen LogP contribution in [0.3, 0.4) is 0 Å². The molecule has 4 nitrogen and oxygen atoms in total. The molecule has 0 aliphatic carbocycles. The summed E-state index contributed by atoms with van der Waals surface area (Å²) in [5.74, 6) is -0.00684. The molecule has 0 bridgehead atoms. The van der Waals surface area contributed by atoms with Gasteiger partial charge in [0.25, 0.3) is 0 Å². The molecule has 2 heterocycles. The summed E-state index contributed by atoms with van der Waals surface area (Å²) in [7, 11) is 0. The van der Waals surface area contributed by atoms with Gasteiger partial charge in [-0.25, -0.2) is 0 Å². The van der Waals surface area contributed by atoms with Gasteiger partial charge in [-0.15, -0.1) is 0 Å². The Morgan fingerprint density at radius 3 is 2.65 bits per heavy atom. The molecule has 1 amide bonds. The smallest absolute Gasteiger partial charge is 0.228 e. The summed E-state index contributed by atoms with van der Waals surface area (Å²) in [4.78, 5) is 19.5. The van der Waals surface area contributed by atoms with Crippen molar-refractivity contribution >= 4 is 28.2 Å². The van der Waals surface area contributed by atoms with Crippen LogP contribution in [0.1, 0.15) is 24.8 Å². The highest BCUT2D eigenvalue weighted by molar-refractivity contribution is 5.97. The molecule has 1 saturated heterocycles. The number of anilines is 2. The number of carbonyl (C=O) groups is 1. The van der Waals surface area contributed by atoms with Crippen molar-refractivity contribution in [2.24, 2.45) is 0 Å².